The van der Waals surface area contributed by atoms with Crippen LogP contribution in [-0.4, -0.2) is 41.1 Å². The number of hydrogen-bond donors (Lipinski definition) is 1. The molecule has 2 aromatic rings. The van der Waals surface area contributed by atoms with E-state index in [9.17, 15) is 5.11 Å². The SMILES string of the molecule is Cc1ccc([Se]/C=C(/[Se]c2ccc(C)cc2)C(C)O)cc1. The van der Waals surface area contributed by atoms with Crippen molar-refractivity contribution in [2.75, 3.05) is 0 Å². The van der Waals surface area contributed by atoms with Crippen LogP contribution in [0.1, 0.15) is 18.1 Å². The standard InChI is InChI=1S/C18H20OSe2/c1-13-4-8-16(9-5-13)20-12-18(15(3)19)21-17-10-6-14(2)7-11-17/h4-12,15,19H,1-3H3/b18-12+. The molecule has 1 atom stereocenters. The molecule has 21 heavy (non-hydrogen) atoms. The van der Waals surface area contributed by atoms with Gasteiger partial charge >= 0.3 is 140 Å². The molecule has 2 aromatic carbocycles. The Labute approximate surface area is 139 Å². The zero-order valence-electron chi connectivity index (χ0n) is 12.5. The van der Waals surface area contributed by atoms with Gasteiger partial charge in [0.25, 0.3) is 0 Å². The second-order valence-corrected chi connectivity index (χ2v) is 9.43. The van der Waals surface area contributed by atoms with Crippen LogP contribution in [0.3, 0.4) is 0 Å². The number of aliphatic hydroxyl groups excluding tert-OH is 1. The zero-order valence-corrected chi connectivity index (χ0v) is 16.0. The van der Waals surface area contributed by atoms with Crippen molar-refractivity contribution in [2.24, 2.45) is 0 Å². The molecule has 2 rings (SSSR count). The predicted octanol–water partition coefficient (Wildman–Crippen LogP) is 1.88. The second kappa shape index (κ2) is 7.98. The summed E-state index contributed by atoms with van der Waals surface area (Å²) in [6.07, 6.45) is -0.362. The van der Waals surface area contributed by atoms with Crippen LogP contribution in [0, 0.1) is 13.8 Å². The van der Waals surface area contributed by atoms with Crippen molar-refractivity contribution in [3.8, 4) is 0 Å². The first-order valence-corrected chi connectivity index (χ1v) is 10.5. The van der Waals surface area contributed by atoms with Crippen LogP contribution in [0.15, 0.2) is 58.0 Å². The minimum atomic E-state index is -0.362. The summed E-state index contributed by atoms with van der Waals surface area (Å²) >= 11 is 0.487. The van der Waals surface area contributed by atoms with E-state index in [4.69, 9.17) is 0 Å². The maximum atomic E-state index is 10.0. The van der Waals surface area contributed by atoms with Gasteiger partial charge in [-0.25, -0.2) is 0 Å². The van der Waals surface area contributed by atoms with Crippen molar-refractivity contribution in [1.82, 2.24) is 0 Å². The molecule has 0 amide bonds. The molecule has 0 fully saturated rings. The predicted molar refractivity (Wildman–Crippen MR) is 92.9 cm³/mol. The van der Waals surface area contributed by atoms with Crippen molar-refractivity contribution in [2.45, 2.75) is 26.9 Å². The Balaban J connectivity index is 2.09. The average Bonchev–Trinajstić information content (AvgIpc) is 2.47. The van der Waals surface area contributed by atoms with Crippen LogP contribution >= 0.6 is 0 Å². The van der Waals surface area contributed by atoms with Crippen LogP contribution < -0.4 is 8.92 Å². The van der Waals surface area contributed by atoms with Crippen LogP contribution in [0.25, 0.3) is 0 Å². The van der Waals surface area contributed by atoms with E-state index in [1.165, 1.54) is 24.5 Å². The molecule has 0 heterocycles. The molecule has 0 bridgehead atoms. The molecule has 110 valence electrons. The molecule has 0 saturated carbocycles. The fourth-order valence-electron chi connectivity index (χ4n) is 1.69. The van der Waals surface area contributed by atoms with Crippen molar-refractivity contribution in [3.05, 3.63) is 69.1 Å². The fourth-order valence-corrected chi connectivity index (χ4v) is 5.90. The van der Waals surface area contributed by atoms with E-state index in [1.807, 2.05) is 6.92 Å². The molecule has 0 radical (unpaired) electrons. The van der Waals surface area contributed by atoms with E-state index in [2.05, 4.69) is 67.4 Å². The number of aliphatic hydroxyl groups is 1. The Bertz CT molecular complexity index is 598. The Morgan fingerprint density at radius 3 is 1.86 bits per heavy atom. The van der Waals surface area contributed by atoms with Crippen molar-refractivity contribution in [3.63, 3.8) is 0 Å². The summed E-state index contributed by atoms with van der Waals surface area (Å²) in [6, 6.07) is 17.3. The zero-order chi connectivity index (χ0) is 15.2. The number of benzene rings is 2. The Hall–Kier alpha value is -0.821. The Morgan fingerprint density at radius 1 is 0.905 bits per heavy atom. The van der Waals surface area contributed by atoms with Gasteiger partial charge in [-0.1, -0.05) is 0 Å². The van der Waals surface area contributed by atoms with E-state index in [0.29, 0.717) is 0 Å². The van der Waals surface area contributed by atoms with Gasteiger partial charge in [0.15, 0.2) is 0 Å². The maximum absolute atomic E-state index is 10.0. The van der Waals surface area contributed by atoms with Gasteiger partial charge in [0.05, 0.1) is 0 Å². The van der Waals surface area contributed by atoms with Crippen molar-refractivity contribution >= 4 is 38.8 Å². The van der Waals surface area contributed by atoms with Crippen LogP contribution in [0.5, 0.6) is 0 Å². The quantitative estimate of drug-likeness (QED) is 0.747. The number of hydrogen-bond acceptors (Lipinski definition) is 1. The third-order valence-electron chi connectivity index (χ3n) is 3.00. The normalized spacial score (nSPS) is 13.2. The first kappa shape index (κ1) is 16.5. The minimum absolute atomic E-state index is 0.203. The molecule has 0 spiro atoms. The van der Waals surface area contributed by atoms with Crippen LogP contribution in [-0.2, 0) is 0 Å². The average molecular weight is 410 g/mol. The van der Waals surface area contributed by atoms with Crippen molar-refractivity contribution < 1.29 is 5.11 Å². The third-order valence-corrected chi connectivity index (χ3v) is 8.20. The second-order valence-electron chi connectivity index (χ2n) is 5.04. The molecular weight excluding hydrogens is 390 g/mol. The van der Waals surface area contributed by atoms with Crippen molar-refractivity contribution in [1.29, 1.82) is 0 Å². The number of rotatable bonds is 5. The molecule has 0 aliphatic carbocycles. The molecule has 3 heteroatoms. The molecule has 1 nitrogen and oxygen atoms in total. The van der Waals surface area contributed by atoms with E-state index >= 15 is 0 Å². The first-order chi connectivity index (χ1) is 10.0. The summed E-state index contributed by atoms with van der Waals surface area (Å²) in [5, 5.41) is 10.0. The summed E-state index contributed by atoms with van der Waals surface area (Å²) in [7, 11) is 0. The van der Waals surface area contributed by atoms with Gasteiger partial charge in [-0.15, -0.1) is 0 Å². The summed E-state index contributed by atoms with van der Waals surface area (Å²) in [6.45, 7) is 6.07. The van der Waals surface area contributed by atoms with Gasteiger partial charge in [-0.2, -0.15) is 0 Å². The van der Waals surface area contributed by atoms with E-state index in [0.717, 1.165) is 0 Å². The van der Waals surface area contributed by atoms with Gasteiger partial charge in [-0.3, -0.25) is 0 Å². The Kier molecular flexibility index (Phi) is 6.29. The molecular formula is C18H20OSe2. The third kappa shape index (κ3) is 5.47. The summed E-state index contributed by atoms with van der Waals surface area (Å²) in [4.78, 5) is 2.25. The molecule has 0 aliphatic rings. The summed E-state index contributed by atoms with van der Waals surface area (Å²) in [5.41, 5.74) is 2.57. The summed E-state index contributed by atoms with van der Waals surface area (Å²) < 4.78 is 3.85. The van der Waals surface area contributed by atoms with E-state index in [1.54, 1.807) is 0 Å². The van der Waals surface area contributed by atoms with Gasteiger partial charge in [0.1, 0.15) is 0 Å². The monoisotopic (exact) mass is 412 g/mol. The van der Waals surface area contributed by atoms with Gasteiger partial charge in [-0.05, 0) is 0 Å². The Morgan fingerprint density at radius 2 is 1.38 bits per heavy atom. The molecule has 0 aromatic heterocycles. The first-order valence-electron chi connectivity index (χ1n) is 6.90. The molecule has 1 unspecified atom stereocenters. The van der Waals surface area contributed by atoms with Gasteiger partial charge in [0.2, 0.25) is 0 Å². The molecule has 0 saturated heterocycles. The van der Waals surface area contributed by atoms with E-state index in [-0.39, 0.29) is 36.0 Å². The van der Waals surface area contributed by atoms with Gasteiger partial charge in [0, 0.05) is 0 Å². The number of aryl methyl sites for hydroxylation is 2. The van der Waals surface area contributed by atoms with Gasteiger partial charge < -0.3 is 0 Å². The van der Waals surface area contributed by atoms with Crippen LogP contribution in [0.4, 0.5) is 0 Å². The molecule has 1 N–H and O–H groups in total. The summed E-state index contributed by atoms with van der Waals surface area (Å²) in [5.74, 6) is 0. The van der Waals surface area contributed by atoms with E-state index < -0.39 is 0 Å². The fraction of sp³-hybridized carbons (Fsp3) is 0.222. The topological polar surface area (TPSA) is 20.2 Å². The van der Waals surface area contributed by atoms with Crippen LogP contribution in [0.2, 0.25) is 0 Å². The molecule has 0 aliphatic heterocycles.